The molecule has 1 aliphatic rings. The van der Waals surface area contributed by atoms with Gasteiger partial charge >= 0.3 is 18.0 Å². The van der Waals surface area contributed by atoms with Crippen molar-refractivity contribution in [1.29, 1.82) is 0 Å². The van der Waals surface area contributed by atoms with Crippen molar-refractivity contribution in [2.75, 3.05) is 45.4 Å². The van der Waals surface area contributed by atoms with E-state index in [1.807, 2.05) is 38.1 Å². The molecule has 2 atom stereocenters. The summed E-state index contributed by atoms with van der Waals surface area (Å²) < 4.78 is 27.5. The lowest BCUT2D eigenvalue weighted by atomic mass is 9.97. The van der Waals surface area contributed by atoms with Crippen LogP contribution in [-0.4, -0.2) is 75.6 Å². The molecule has 0 aliphatic carbocycles. The highest BCUT2D eigenvalue weighted by Crippen LogP contribution is 2.31. The van der Waals surface area contributed by atoms with Gasteiger partial charge in [0.05, 0.1) is 33.0 Å². The van der Waals surface area contributed by atoms with Gasteiger partial charge in [0.1, 0.15) is 17.6 Å². The second-order valence-corrected chi connectivity index (χ2v) is 9.72. The summed E-state index contributed by atoms with van der Waals surface area (Å²) >= 11 is 0. The monoisotopic (exact) mass is 570 g/mol. The lowest BCUT2D eigenvalue weighted by Gasteiger charge is -2.36. The standard InChI is InChI=1S/C31H42N2O8/c1-7-26(21(4)37-5)41-25-13-10-12-24(19-25)33-17-11-16-32(31(33)36)20-23-15-14-22(18-27(23)38-6)28(29(34)39-8-2)30(35)40-9-3/h10,12-15,18-19,21,26,28H,7-9,11,16-17,20H2,1-6H3. The predicted octanol–water partition coefficient (Wildman–Crippen LogP) is 4.93. The van der Waals surface area contributed by atoms with Crippen LogP contribution in [0.2, 0.25) is 0 Å². The number of hydrogen-bond donors (Lipinski definition) is 0. The Kier molecular flexibility index (Phi) is 11.8. The van der Waals surface area contributed by atoms with Crippen LogP contribution < -0.4 is 14.4 Å². The van der Waals surface area contributed by atoms with E-state index in [0.717, 1.165) is 24.1 Å². The van der Waals surface area contributed by atoms with Crippen molar-refractivity contribution in [3.63, 3.8) is 0 Å². The highest BCUT2D eigenvalue weighted by atomic mass is 16.6. The molecule has 10 heteroatoms. The van der Waals surface area contributed by atoms with Crippen LogP contribution in [0.25, 0.3) is 0 Å². The quantitative estimate of drug-likeness (QED) is 0.233. The molecule has 0 spiro atoms. The zero-order valence-corrected chi connectivity index (χ0v) is 24.9. The fourth-order valence-electron chi connectivity index (χ4n) is 4.83. The van der Waals surface area contributed by atoms with Gasteiger partial charge in [0.25, 0.3) is 0 Å². The van der Waals surface area contributed by atoms with Crippen molar-refractivity contribution in [1.82, 2.24) is 4.90 Å². The fourth-order valence-corrected chi connectivity index (χ4v) is 4.83. The number of rotatable bonds is 14. The van der Waals surface area contributed by atoms with E-state index in [4.69, 9.17) is 23.7 Å². The van der Waals surface area contributed by atoms with E-state index in [9.17, 15) is 14.4 Å². The molecular formula is C31H42N2O8. The van der Waals surface area contributed by atoms with Crippen LogP contribution in [0.4, 0.5) is 10.5 Å². The Bertz CT molecular complexity index is 1170. The summed E-state index contributed by atoms with van der Waals surface area (Å²) in [4.78, 5) is 42.3. The molecule has 2 aromatic rings. The van der Waals surface area contributed by atoms with E-state index in [1.165, 1.54) is 7.11 Å². The first kappa shape index (κ1) is 31.7. The number of anilines is 1. The Morgan fingerprint density at radius 3 is 2.27 bits per heavy atom. The summed E-state index contributed by atoms with van der Waals surface area (Å²) in [6.07, 6.45) is 1.40. The molecule has 0 saturated carbocycles. The van der Waals surface area contributed by atoms with Gasteiger partial charge < -0.3 is 28.6 Å². The maximum absolute atomic E-state index is 13.6. The third-order valence-electron chi connectivity index (χ3n) is 7.08. The van der Waals surface area contributed by atoms with Crippen molar-refractivity contribution in [2.45, 2.75) is 65.2 Å². The van der Waals surface area contributed by atoms with Gasteiger partial charge in [0, 0.05) is 37.5 Å². The molecule has 1 saturated heterocycles. The molecule has 0 N–H and O–H groups in total. The van der Waals surface area contributed by atoms with Crippen LogP contribution in [-0.2, 0) is 30.3 Å². The van der Waals surface area contributed by atoms with E-state index < -0.39 is 17.9 Å². The summed E-state index contributed by atoms with van der Waals surface area (Å²) in [5.41, 5.74) is 1.90. The number of carbonyl (C=O) groups is 3. The zero-order valence-electron chi connectivity index (χ0n) is 24.9. The smallest absolute Gasteiger partial charge is 0.324 e. The molecule has 0 aromatic heterocycles. The molecule has 224 valence electrons. The number of carbonyl (C=O) groups excluding carboxylic acids is 3. The Labute approximate surface area is 242 Å². The minimum Gasteiger partial charge on any atom is -0.496 e. The molecule has 0 radical (unpaired) electrons. The van der Waals surface area contributed by atoms with Crippen molar-refractivity contribution < 1.29 is 38.1 Å². The summed E-state index contributed by atoms with van der Waals surface area (Å²) in [5.74, 6) is -1.46. The van der Waals surface area contributed by atoms with Gasteiger partial charge in [-0.2, -0.15) is 0 Å². The molecule has 1 fully saturated rings. The minimum absolute atomic E-state index is 0.0676. The lowest BCUT2D eigenvalue weighted by molar-refractivity contribution is -0.156. The second-order valence-electron chi connectivity index (χ2n) is 9.72. The molecule has 2 aromatic carbocycles. The van der Waals surface area contributed by atoms with Gasteiger partial charge in [0.2, 0.25) is 0 Å². The number of urea groups is 1. The summed E-state index contributed by atoms with van der Waals surface area (Å²) in [6.45, 7) is 9.10. The van der Waals surface area contributed by atoms with Crippen molar-refractivity contribution in [2.24, 2.45) is 0 Å². The molecule has 2 unspecified atom stereocenters. The highest BCUT2D eigenvalue weighted by molar-refractivity contribution is 6.01. The zero-order chi connectivity index (χ0) is 29.9. The maximum atomic E-state index is 13.6. The average Bonchev–Trinajstić information content (AvgIpc) is 2.97. The third-order valence-corrected chi connectivity index (χ3v) is 7.08. The van der Waals surface area contributed by atoms with Gasteiger partial charge in [-0.3, -0.25) is 14.5 Å². The largest absolute Gasteiger partial charge is 0.496 e. The number of hydrogen-bond acceptors (Lipinski definition) is 8. The van der Waals surface area contributed by atoms with Crippen LogP contribution in [0.3, 0.4) is 0 Å². The van der Waals surface area contributed by atoms with E-state index in [-0.39, 0.29) is 31.5 Å². The van der Waals surface area contributed by atoms with Gasteiger partial charge in [-0.05, 0) is 57.4 Å². The minimum atomic E-state index is -1.22. The van der Waals surface area contributed by atoms with Crippen LogP contribution >= 0.6 is 0 Å². The molecule has 10 nitrogen and oxygen atoms in total. The van der Waals surface area contributed by atoms with E-state index >= 15 is 0 Å². The Morgan fingerprint density at radius 1 is 0.951 bits per heavy atom. The number of methoxy groups -OCH3 is 2. The molecule has 1 heterocycles. The fraction of sp³-hybridized carbons (Fsp3) is 0.516. The van der Waals surface area contributed by atoms with Gasteiger partial charge in [-0.25, -0.2) is 4.79 Å². The van der Waals surface area contributed by atoms with Crippen LogP contribution in [0.15, 0.2) is 42.5 Å². The Morgan fingerprint density at radius 2 is 1.66 bits per heavy atom. The molecule has 2 amide bonds. The summed E-state index contributed by atoms with van der Waals surface area (Å²) in [7, 11) is 3.17. The summed E-state index contributed by atoms with van der Waals surface area (Å²) in [5, 5.41) is 0. The summed E-state index contributed by atoms with van der Waals surface area (Å²) in [6, 6.07) is 12.5. The van der Waals surface area contributed by atoms with Crippen molar-refractivity contribution in [3.8, 4) is 11.5 Å². The Balaban J connectivity index is 1.80. The number of benzene rings is 2. The number of amides is 2. The van der Waals surface area contributed by atoms with Gasteiger partial charge in [-0.15, -0.1) is 0 Å². The first-order valence-electron chi connectivity index (χ1n) is 14.1. The SMILES string of the molecule is CCOC(=O)C(C(=O)OCC)c1ccc(CN2CCCN(c3cccc(OC(CC)C(C)OC)c3)C2=O)c(OC)c1. The molecule has 0 bridgehead atoms. The van der Waals surface area contributed by atoms with Crippen molar-refractivity contribution >= 4 is 23.7 Å². The topological polar surface area (TPSA) is 104 Å². The molecule has 3 rings (SSSR count). The Hall–Kier alpha value is -3.79. The average molecular weight is 571 g/mol. The van der Waals surface area contributed by atoms with E-state index in [0.29, 0.717) is 36.7 Å². The molecule has 41 heavy (non-hydrogen) atoms. The van der Waals surface area contributed by atoms with Gasteiger partial charge in [-0.1, -0.05) is 25.1 Å². The number of nitrogens with zero attached hydrogens (tertiary/aromatic N) is 2. The normalized spacial score (nSPS) is 15.0. The lowest BCUT2D eigenvalue weighted by Crippen LogP contribution is -2.49. The number of esters is 2. The van der Waals surface area contributed by atoms with Gasteiger partial charge in [0.15, 0.2) is 5.92 Å². The maximum Gasteiger partial charge on any atom is 0.324 e. The van der Waals surface area contributed by atoms with Crippen molar-refractivity contribution in [3.05, 3.63) is 53.6 Å². The van der Waals surface area contributed by atoms with Crippen LogP contribution in [0, 0.1) is 0 Å². The van der Waals surface area contributed by atoms with E-state index in [2.05, 4.69) is 0 Å². The highest BCUT2D eigenvalue weighted by Gasteiger charge is 2.33. The first-order valence-corrected chi connectivity index (χ1v) is 14.1. The van der Waals surface area contributed by atoms with Crippen LogP contribution in [0.1, 0.15) is 57.6 Å². The molecule has 1 aliphatic heterocycles. The van der Waals surface area contributed by atoms with E-state index in [1.54, 1.807) is 49.0 Å². The molecular weight excluding hydrogens is 528 g/mol. The number of ether oxygens (including phenoxy) is 5. The second kappa shape index (κ2) is 15.3. The predicted molar refractivity (Wildman–Crippen MR) is 154 cm³/mol. The first-order chi connectivity index (χ1) is 19.8. The van der Waals surface area contributed by atoms with Crippen LogP contribution in [0.5, 0.6) is 11.5 Å². The third kappa shape index (κ3) is 7.91.